The van der Waals surface area contributed by atoms with Crippen LogP contribution in [-0.2, 0) is 17.1 Å². The third-order valence-corrected chi connectivity index (χ3v) is 7.30. The number of benzene rings is 1. The van der Waals surface area contributed by atoms with E-state index in [1.807, 2.05) is 13.8 Å². The average Bonchev–Trinajstić information content (AvgIpc) is 3.45. The summed E-state index contributed by atoms with van der Waals surface area (Å²) >= 11 is 0. The monoisotopic (exact) mass is 515 g/mol. The topological polar surface area (TPSA) is 152 Å². The highest BCUT2D eigenvalue weighted by molar-refractivity contribution is 7.89. The minimum Gasteiger partial charge on any atom is -0.473 e. The molecule has 2 N–H and O–H groups in total. The molecule has 0 amide bonds. The average molecular weight is 516 g/mol. The highest BCUT2D eigenvalue weighted by atomic mass is 32.2. The van der Waals surface area contributed by atoms with Crippen LogP contribution in [0.1, 0.15) is 63.1 Å². The van der Waals surface area contributed by atoms with Gasteiger partial charge in [-0.05, 0) is 43.9 Å². The van der Waals surface area contributed by atoms with Gasteiger partial charge in [0.1, 0.15) is 35.0 Å². The van der Waals surface area contributed by atoms with Crippen LogP contribution < -0.4 is 9.88 Å². The van der Waals surface area contributed by atoms with Gasteiger partial charge in [-0.2, -0.15) is 15.1 Å². The normalized spacial score (nSPS) is 18.7. The van der Waals surface area contributed by atoms with Gasteiger partial charge in [-0.15, -0.1) is 0 Å². The van der Waals surface area contributed by atoms with Crippen LogP contribution in [-0.4, -0.2) is 44.4 Å². The first-order valence-corrected chi connectivity index (χ1v) is 13.2. The van der Waals surface area contributed by atoms with Crippen molar-refractivity contribution in [2.45, 2.75) is 62.4 Å². The van der Waals surface area contributed by atoms with Gasteiger partial charge in [0.25, 0.3) is 0 Å². The molecule has 13 heteroatoms. The minimum atomic E-state index is -4.03. The van der Waals surface area contributed by atoms with Crippen molar-refractivity contribution >= 4 is 21.1 Å². The molecule has 0 bridgehead atoms. The summed E-state index contributed by atoms with van der Waals surface area (Å²) in [5.74, 6) is 1.38. The van der Waals surface area contributed by atoms with E-state index in [4.69, 9.17) is 14.4 Å². The number of sulfonamides is 1. The quantitative estimate of drug-likeness (QED) is 0.407. The lowest BCUT2D eigenvalue weighted by molar-refractivity contribution is 0.135. The van der Waals surface area contributed by atoms with E-state index in [-0.39, 0.29) is 34.1 Å². The van der Waals surface area contributed by atoms with Crippen molar-refractivity contribution in [3.63, 3.8) is 0 Å². The number of nitrogens with two attached hydrogens (primary N) is 1. The molecule has 1 saturated carbocycles. The van der Waals surface area contributed by atoms with Crippen molar-refractivity contribution in [2.24, 2.45) is 12.2 Å². The molecular weight excluding hydrogens is 489 g/mol. The molecule has 3 heterocycles. The van der Waals surface area contributed by atoms with E-state index in [2.05, 4.69) is 25.2 Å². The van der Waals surface area contributed by atoms with Gasteiger partial charge in [0.05, 0.1) is 4.90 Å². The molecule has 4 aromatic rings. The van der Waals surface area contributed by atoms with E-state index >= 15 is 0 Å². The van der Waals surface area contributed by atoms with Crippen LogP contribution in [0.4, 0.5) is 4.39 Å². The highest BCUT2D eigenvalue weighted by Crippen LogP contribution is 2.36. The molecular formula is C23H26FN7O4S. The van der Waals surface area contributed by atoms with E-state index in [0.29, 0.717) is 22.8 Å². The Morgan fingerprint density at radius 1 is 1.19 bits per heavy atom. The third-order valence-electron chi connectivity index (χ3n) is 6.39. The third kappa shape index (κ3) is 4.55. The molecule has 0 radical (unpaired) electrons. The molecule has 1 aromatic carbocycles. The second kappa shape index (κ2) is 9.21. The molecule has 0 aliphatic heterocycles. The first-order valence-electron chi connectivity index (χ1n) is 11.6. The van der Waals surface area contributed by atoms with Crippen molar-refractivity contribution in [1.82, 2.24) is 29.9 Å². The number of rotatable bonds is 6. The first-order chi connectivity index (χ1) is 17.1. The van der Waals surface area contributed by atoms with E-state index in [0.717, 1.165) is 37.6 Å². The van der Waals surface area contributed by atoms with Crippen LogP contribution in [0.2, 0.25) is 0 Å². The summed E-state index contributed by atoms with van der Waals surface area (Å²) in [6.45, 7) is 4.05. The largest absolute Gasteiger partial charge is 0.473 e. The summed E-state index contributed by atoms with van der Waals surface area (Å²) in [5.41, 5.74) is 1.26. The lowest BCUT2D eigenvalue weighted by Gasteiger charge is -2.26. The molecule has 36 heavy (non-hydrogen) atoms. The smallest absolute Gasteiger partial charge is 0.243 e. The standard InChI is InChI=1S/C23H26FN7O4S/c1-12(2)21-28-22(35-30-21)13-4-6-14(7-5-13)34-23-20-19(26-11-27-23)18(29-31(20)3)16-9-8-15(10-17(16)24)36(25,32)33/h8-14H,4-7H2,1-3H3,(H2,25,32,33). The van der Waals surface area contributed by atoms with Gasteiger partial charge < -0.3 is 9.26 Å². The summed E-state index contributed by atoms with van der Waals surface area (Å²) in [5, 5.41) is 13.6. The second-order valence-electron chi connectivity index (χ2n) is 9.27. The van der Waals surface area contributed by atoms with Gasteiger partial charge >= 0.3 is 0 Å². The van der Waals surface area contributed by atoms with Gasteiger partial charge in [-0.1, -0.05) is 19.0 Å². The van der Waals surface area contributed by atoms with Crippen molar-refractivity contribution in [3.8, 4) is 17.1 Å². The second-order valence-corrected chi connectivity index (χ2v) is 10.8. The van der Waals surface area contributed by atoms with E-state index in [1.165, 1.54) is 23.1 Å². The molecule has 1 fully saturated rings. The lowest BCUT2D eigenvalue weighted by atomic mass is 9.87. The zero-order chi connectivity index (χ0) is 25.6. The van der Waals surface area contributed by atoms with Gasteiger partial charge in [0.15, 0.2) is 5.82 Å². The fourth-order valence-corrected chi connectivity index (χ4v) is 4.97. The number of primary sulfonamides is 1. The SMILES string of the molecule is CC(C)c1noc(C2CCC(Oc3ncnc4c(-c5ccc(S(N)(=O)=O)cc5F)nn(C)c34)CC2)n1. The number of aryl methyl sites for hydroxylation is 1. The zero-order valence-corrected chi connectivity index (χ0v) is 20.9. The molecule has 11 nitrogen and oxygen atoms in total. The maximum absolute atomic E-state index is 14.8. The fourth-order valence-electron chi connectivity index (χ4n) is 4.44. The lowest BCUT2D eigenvalue weighted by Crippen LogP contribution is -2.24. The van der Waals surface area contributed by atoms with Crippen LogP contribution in [0, 0.1) is 5.82 Å². The Labute approximate surface area is 206 Å². The van der Waals surface area contributed by atoms with Gasteiger partial charge in [0, 0.05) is 24.4 Å². The van der Waals surface area contributed by atoms with Crippen molar-refractivity contribution < 1.29 is 22.1 Å². The van der Waals surface area contributed by atoms with Crippen LogP contribution in [0.25, 0.3) is 22.3 Å². The maximum Gasteiger partial charge on any atom is 0.243 e. The Bertz CT molecular complexity index is 1520. The minimum absolute atomic E-state index is 0.0732. The molecule has 190 valence electrons. The number of fused-ring (bicyclic) bond motifs is 1. The number of aromatic nitrogens is 6. The van der Waals surface area contributed by atoms with Gasteiger partial charge in [-0.25, -0.2) is 22.9 Å². The maximum atomic E-state index is 14.8. The van der Waals surface area contributed by atoms with E-state index in [9.17, 15) is 12.8 Å². The summed E-state index contributed by atoms with van der Waals surface area (Å²) < 4.78 is 51.2. The molecule has 5 rings (SSSR count). The molecule has 0 unspecified atom stereocenters. The number of hydrogen-bond donors (Lipinski definition) is 1. The molecule has 0 saturated heterocycles. The van der Waals surface area contributed by atoms with Crippen LogP contribution >= 0.6 is 0 Å². The van der Waals surface area contributed by atoms with E-state index in [1.54, 1.807) is 7.05 Å². The van der Waals surface area contributed by atoms with Gasteiger partial charge in [-0.3, -0.25) is 4.68 Å². The molecule has 0 atom stereocenters. The summed E-state index contributed by atoms with van der Waals surface area (Å²) in [6.07, 6.45) is 4.52. The van der Waals surface area contributed by atoms with Crippen LogP contribution in [0.5, 0.6) is 5.88 Å². The number of nitrogens with zero attached hydrogens (tertiary/aromatic N) is 6. The Hall–Kier alpha value is -3.45. The van der Waals surface area contributed by atoms with Gasteiger partial charge in [0.2, 0.25) is 21.8 Å². The molecule has 3 aromatic heterocycles. The fraction of sp³-hybridized carbons (Fsp3) is 0.435. The Kier molecular flexibility index (Phi) is 6.20. The molecule has 1 aliphatic carbocycles. The number of hydrogen-bond acceptors (Lipinski definition) is 9. The summed E-state index contributed by atoms with van der Waals surface area (Å²) in [7, 11) is -2.34. The molecule has 0 spiro atoms. The van der Waals surface area contributed by atoms with Crippen molar-refractivity contribution in [3.05, 3.63) is 42.1 Å². The predicted octanol–water partition coefficient (Wildman–Crippen LogP) is 3.43. The predicted molar refractivity (Wildman–Crippen MR) is 127 cm³/mol. The Morgan fingerprint density at radius 3 is 2.58 bits per heavy atom. The Balaban J connectivity index is 1.37. The van der Waals surface area contributed by atoms with Crippen LogP contribution in [0.3, 0.4) is 0 Å². The van der Waals surface area contributed by atoms with Crippen molar-refractivity contribution in [1.29, 1.82) is 0 Å². The highest BCUT2D eigenvalue weighted by Gasteiger charge is 2.29. The first kappa shape index (κ1) is 24.3. The van der Waals surface area contributed by atoms with E-state index < -0.39 is 15.8 Å². The Morgan fingerprint density at radius 2 is 1.94 bits per heavy atom. The zero-order valence-electron chi connectivity index (χ0n) is 20.0. The molecule has 1 aliphatic rings. The van der Waals surface area contributed by atoms with Crippen LogP contribution in [0.15, 0.2) is 33.9 Å². The van der Waals surface area contributed by atoms with Crippen molar-refractivity contribution in [2.75, 3.05) is 0 Å². The number of ether oxygens (including phenoxy) is 1. The summed E-state index contributed by atoms with van der Waals surface area (Å²) in [4.78, 5) is 12.8. The number of halogens is 1. The summed E-state index contributed by atoms with van der Waals surface area (Å²) in [6, 6.07) is 3.43.